The Kier molecular flexibility index (Phi) is 11.8. The van der Waals surface area contributed by atoms with Gasteiger partial charge in [-0.2, -0.15) is 5.26 Å². The molecule has 1 aromatic heterocycles. The lowest BCUT2D eigenvalue weighted by molar-refractivity contribution is -0.121. The Hall–Kier alpha value is -3.65. The molecule has 9 nitrogen and oxygen atoms in total. The summed E-state index contributed by atoms with van der Waals surface area (Å²) >= 11 is 18.1. The number of nitriles is 1. The summed E-state index contributed by atoms with van der Waals surface area (Å²) in [5, 5.41) is 15.6. The number of alkyl carbamates (subject to hydrolysis) is 1. The molecule has 0 bridgehead atoms. The predicted octanol–water partition coefficient (Wildman–Crippen LogP) is 5.08. The average molecular weight is 602 g/mol. The number of halogens is 2. The molecule has 0 radical (unpaired) electrons. The fourth-order valence-corrected chi connectivity index (χ4v) is 4.54. The molecule has 2 aromatic carbocycles. The molecular formula is C28H30Cl2N6O3S. The van der Waals surface area contributed by atoms with Crippen LogP contribution in [0.15, 0.2) is 55.0 Å². The van der Waals surface area contributed by atoms with E-state index in [0.717, 1.165) is 16.8 Å². The van der Waals surface area contributed by atoms with Gasteiger partial charge in [-0.25, -0.2) is 9.78 Å². The van der Waals surface area contributed by atoms with E-state index >= 15 is 0 Å². The van der Waals surface area contributed by atoms with E-state index in [4.69, 9.17) is 45.4 Å². The van der Waals surface area contributed by atoms with Crippen LogP contribution in [0.25, 0.3) is 0 Å². The summed E-state index contributed by atoms with van der Waals surface area (Å²) in [6.07, 6.45) is 3.41. The molecule has 0 aliphatic carbocycles. The standard InChI is InChI=1S/C28H30Cl2N6O3S/c1-3-22(17-35(27(40)34-28(38)39-4-2)16-21-6-5-7-24(29)26(21)30)33-25(37)12-23-14-32-18-36(23)15-20-10-8-19(13-31)9-11-20/h5-11,14,18,22H,3-4,12,15-17H2,1-2H3,(H,33,37)(H,34,38,40)/t22-/m0/s1. The molecule has 12 heteroatoms. The van der Waals surface area contributed by atoms with Crippen LogP contribution in [0.1, 0.15) is 42.7 Å². The smallest absolute Gasteiger partial charge is 0.413 e. The Balaban J connectivity index is 1.69. The fraction of sp³-hybridized carbons (Fsp3) is 0.321. The first-order valence-electron chi connectivity index (χ1n) is 12.7. The number of hydrogen-bond donors (Lipinski definition) is 2. The number of amides is 2. The number of carbonyl (C=O) groups excluding carboxylic acids is 2. The maximum absolute atomic E-state index is 13.1. The number of hydrogen-bond acceptors (Lipinski definition) is 6. The molecule has 2 amide bonds. The zero-order chi connectivity index (χ0) is 29.1. The Labute approximate surface area is 249 Å². The number of rotatable bonds is 11. The van der Waals surface area contributed by atoms with Crippen LogP contribution in [0.4, 0.5) is 4.79 Å². The Morgan fingerprint density at radius 1 is 1.20 bits per heavy atom. The normalized spacial score (nSPS) is 11.3. The van der Waals surface area contributed by atoms with Gasteiger partial charge in [0.1, 0.15) is 0 Å². The second-order valence-corrected chi connectivity index (χ2v) is 10.1. The minimum atomic E-state index is -0.665. The largest absolute Gasteiger partial charge is 0.450 e. The summed E-state index contributed by atoms with van der Waals surface area (Å²) in [4.78, 5) is 31.1. The van der Waals surface area contributed by atoms with Crippen LogP contribution in [0, 0.1) is 11.3 Å². The number of thiocarbonyl (C=S) groups is 1. The van der Waals surface area contributed by atoms with Crippen molar-refractivity contribution in [3.8, 4) is 6.07 Å². The number of nitrogens with one attached hydrogen (secondary N) is 2. The van der Waals surface area contributed by atoms with E-state index in [0.29, 0.717) is 35.1 Å². The number of carbonyl (C=O) groups is 2. The number of imidazole rings is 1. The summed E-state index contributed by atoms with van der Waals surface area (Å²) in [6.45, 7) is 4.93. The highest BCUT2D eigenvalue weighted by Gasteiger charge is 2.21. The van der Waals surface area contributed by atoms with Gasteiger partial charge in [-0.1, -0.05) is 54.4 Å². The maximum Gasteiger partial charge on any atom is 0.413 e. The highest BCUT2D eigenvalue weighted by Crippen LogP contribution is 2.26. The maximum atomic E-state index is 13.1. The third-order valence-corrected chi connectivity index (χ3v) is 7.26. The molecule has 1 atom stereocenters. The van der Waals surface area contributed by atoms with Gasteiger partial charge >= 0.3 is 6.09 Å². The summed E-state index contributed by atoms with van der Waals surface area (Å²) in [6, 6.07) is 14.4. The molecule has 2 N–H and O–H groups in total. The molecule has 0 aliphatic heterocycles. The van der Waals surface area contributed by atoms with Gasteiger partial charge in [0.05, 0.1) is 41.0 Å². The van der Waals surface area contributed by atoms with Crippen LogP contribution in [0.5, 0.6) is 0 Å². The van der Waals surface area contributed by atoms with Crippen molar-refractivity contribution in [1.29, 1.82) is 5.26 Å². The molecule has 40 heavy (non-hydrogen) atoms. The highest BCUT2D eigenvalue weighted by atomic mass is 35.5. The van der Waals surface area contributed by atoms with Crippen LogP contribution in [-0.2, 0) is 29.0 Å². The SMILES string of the molecule is CCOC(=O)NC(=S)N(Cc1cccc(Cl)c1Cl)C[C@H](CC)NC(=O)Cc1cncn1Cc1ccc(C#N)cc1. The van der Waals surface area contributed by atoms with Crippen LogP contribution < -0.4 is 10.6 Å². The molecule has 3 rings (SSSR count). The Bertz CT molecular complexity index is 1370. The van der Waals surface area contributed by atoms with E-state index in [1.165, 1.54) is 0 Å². The number of aromatic nitrogens is 2. The molecule has 0 fully saturated rings. The lowest BCUT2D eigenvalue weighted by atomic mass is 10.1. The van der Waals surface area contributed by atoms with E-state index in [2.05, 4.69) is 21.7 Å². The molecule has 0 unspecified atom stereocenters. The van der Waals surface area contributed by atoms with Gasteiger partial charge in [0.15, 0.2) is 5.11 Å². The zero-order valence-electron chi connectivity index (χ0n) is 22.2. The van der Waals surface area contributed by atoms with E-state index < -0.39 is 6.09 Å². The van der Waals surface area contributed by atoms with Crippen LogP contribution >= 0.6 is 35.4 Å². The first kappa shape index (κ1) is 30.9. The van der Waals surface area contributed by atoms with Crippen molar-refractivity contribution in [2.75, 3.05) is 13.2 Å². The molecule has 3 aromatic rings. The zero-order valence-corrected chi connectivity index (χ0v) is 24.5. The van der Waals surface area contributed by atoms with Gasteiger partial charge in [0.2, 0.25) is 5.91 Å². The highest BCUT2D eigenvalue weighted by molar-refractivity contribution is 7.80. The summed E-state index contributed by atoms with van der Waals surface area (Å²) in [7, 11) is 0. The van der Waals surface area contributed by atoms with Crippen molar-refractivity contribution < 1.29 is 14.3 Å². The summed E-state index contributed by atoms with van der Waals surface area (Å²) in [5.74, 6) is -0.182. The molecule has 210 valence electrons. The van der Waals surface area contributed by atoms with Crippen molar-refractivity contribution >= 4 is 52.5 Å². The van der Waals surface area contributed by atoms with Crippen molar-refractivity contribution in [3.63, 3.8) is 0 Å². The van der Waals surface area contributed by atoms with Gasteiger partial charge < -0.3 is 19.5 Å². The molecule has 0 saturated carbocycles. The third kappa shape index (κ3) is 8.95. The number of nitrogens with zero attached hydrogens (tertiary/aromatic N) is 4. The predicted molar refractivity (Wildman–Crippen MR) is 158 cm³/mol. The van der Waals surface area contributed by atoms with E-state index in [1.807, 2.05) is 29.7 Å². The van der Waals surface area contributed by atoms with Gasteiger partial charge in [0.25, 0.3) is 0 Å². The van der Waals surface area contributed by atoms with Gasteiger partial charge in [-0.3, -0.25) is 10.1 Å². The van der Waals surface area contributed by atoms with Crippen molar-refractivity contribution in [2.24, 2.45) is 0 Å². The second kappa shape index (κ2) is 15.2. The molecule has 1 heterocycles. The number of ether oxygens (including phenoxy) is 1. The Morgan fingerprint density at radius 3 is 2.62 bits per heavy atom. The quantitative estimate of drug-likeness (QED) is 0.295. The monoisotopic (exact) mass is 600 g/mol. The average Bonchev–Trinajstić information content (AvgIpc) is 3.36. The van der Waals surface area contributed by atoms with Gasteiger partial charge in [0, 0.05) is 37.6 Å². The lowest BCUT2D eigenvalue weighted by Crippen LogP contribution is -2.49. The van der Waals surface area contributed by atoms with E-state index in [9.17, 15) is 9.59 Å². The molecule has 0 aliphatic rings. The van der Waals surface area contributed by atoms with Crippen LogP contribution in [-0.4, -0.2) is 50.8 Å². The Morgan fingerprint density at radius 2 is 1.95 bits per heavy atom. The number of benzene rings is 2. The molecule has 0 saturated heterocycles. The summed E-state index contributed by atoms with van der Waals surface area (Å²) in [5.41, 5.74) is 3.04. The van der Waals surface area contributed by atoms with Gasteiger partial charge in [-0.05, 0) is 54.9 Å². The topological polar surface area (TPSA) is 112 Å². The van der Waals surface area contributed by atoms with E-state index in [-0.39, 0.29) is 36.6 Å². The van der Waals surface area contributed by atoms with Gasteiger partial charge in [-0.15, -0.1) is 0 Å². The second-order valence-electron chi connectivity index (χ2n) is 8.92. The van der Waals surface area contributed by atoms with E-state index in [1.54, 1.807) is 48.6 Å². The summed E-state index contributed by atoms with van der Waals surface area (Å²) < 4.78 is 6.87. The van der Waals surface area contributed by atoms with Crippen molar-refractivity contribution in [1.82, 2.24) is 25.1 Å². The van der Waals surface area contributed by atoms with Crippen LogP contribution in [0.3, 0.4) is 0 Å². The van der Waals surface area contributed by atoms with Crippen LogP contribution in [0.2, 0.25) is 10.0 Å². The fourth-order valence-electron chi connectivity index (χ4n) is 3.93. The molecular weight excluding hydrogens is 571 g/mol. The minimum Gasteiger partial charge on any atom is -0.450 e. The third-order valence-electron chi connectivity index (χ3n) is 6.04. The lowest BCUT2D eigenvalue weighted by Gasteiger charge is -2.30. The molecule has 0 spiro atoms. The minimum absolute atomic E-state index is 0.123. The van der Waals surface area contributed by atoms with Crippen molar-refractivity contribution in [3.05, 3.63) is 87.4 Å². The first-order valence-corrected chi connectivity index (χ1v) is 13.8. The van der Waals surface area contributed by atoms with Crippen molar-refractivity contribution in [2.45, 2.75) is 45.8 Å². The first-order chi connectivity index (χ1) is 19.2.